The predicted octanol–water partition coefficient (Wildman–Crippen LogP) is 11.4. The Morgan fingerprint density at radius 2 is 0.960 bits per heavy atom. The molecule has 274 valence electrons. The second-order valence-corrected chi connectivity index (χ2v) is 21.7. The van der Waals surface area contributed by atoms with E-state index in [4.69, 9.17) is 24.4 Å². The minimum atomic E-state index is 0.0824. The first-order valence-electron chi connectivity index (χ1n) is 19.0. The number of hydrogen-bond acceptors (Lipinski definition) is 6. The van der Waals surface area contributed by atoms with Crippen molar-refractivity contribution < 1.29 is 9.59 Å². The van der Waals surface area contributed by atoms with Crippen molar-refractivity contribution in [3.8, 4) is 8.87 Å². The van der Waals surface area contributed by atoms with Gasteiger partial charge in [0.2, 0.25) is 0 Å². The number of carbonyl (C=O) groups is 2. The van der Waals surface area contributed by atoms with Gasteiger partial charge in [0.05, 0.1) is 0 Å². The molecule has 50 heavy (non-hydrogen) atoms. The van der Waals surface area contributed by atoms with Crippen molar-refractivity contribution in [2.75, 3.05) is 13.1 Å². The van der Waals surface area contributed by atoms with Gasteiger partial charge in [0.1, 0.15) is 0 Å². The van der Waals surface area contributed by atoms with E-state index in [1.807, 2.05) is 9.80 Å². The first-order valence-corrected chi connectivity index (χ1v) is 24.9. The van der Waals surface area contributed by atoms with E-state index in [2.05, 4.69) is 64.1 Å². The van der Waals surface area contributed by atoms with Crippen molar-refractivity contribution in [3.05, 3.63) is 43.0 Å². The Labute approximate surface area is 333 Å². The Kier molecular flexibility index (Phi) is 18.9. The standard InChI is InChI=1S/C40H56N2O2S4Se2/c1-5-9-13-15-19-29(17-11-7-3)27-41-37(43)33(47-39(41)45)25-31-21-23-35(49-31)36-24-22-32(50-36)26-34-38(44)42(40(46)48-34)28-30(18-12-8-4)20-16-14-10-6-2/h21-26,29-30H,5-20,27-28H2,1-4H3/b33-25-,34-26-. The SMILES string of the molecule is CCCCCCC(CCCC)CN1C(=O)/C(=C/c2ccc(-c3ccc(/C=C4\SC(=S)N(CC(CCCC)CCCCCC)C4=O)[se]3)[se]2)SC1=S. The zero-order valence-corrected chi connectivity index (χ0v) is 37.2. The molecule has 2 fully saturated rings. The average Bonchev–Trinajstić information content (AvgIpc) is 3.88. The minimum absolute atomic E-state index is 0.0824. The van der Waals surface area contributed by atoms with Crippen molar-refractivity contribution in [1.29, 1.82) is 0 Å². The van der Waals surface area contributed by atoms with Crippen molar-refractivity contribution >= 4 is 110 Å². The van der Waals surface area contributed by atoms with E-state index in [1.54, 1.807) is 0 Å². The van der Waals surface area contributed by atoms with Gasteiger partial charge in [0.15, 0.2) is 0 Å². The van der Waals surface area contributed by atoms with E-state index >= 15 is 0 Å². The van der Waals surface area contributed by atoms with Gasteiger partial charge < -0.3 is 0 Å². The van der Waals surface area contributed by atoms with Crippen LogP contribution in [-0.2, 0) is 9.59 Å². The normalized spacial score (nSPS) is 18.1. The Morgan fingerprint density at radius 1 is 0.580 bits per heavy atom. The second kappa shape index (κ2) is 22.5. The van der Waals surface area contributed by atoms with Crippen LogP contribution in [0.4, 0.5) is 0 Å². The van der Waals surface area contributed by atoms with Gasteiger partial charge in [-0.25, -0.2) is 0 Å². The summed E-state index contributed by atoms with van der Waals surface area (Å²) in [5, 5.41) is 0. The first kappa shape index (κ1) is 42.0. The number of rotatable bonds is 23. The molecule has 4 nitrogen and oxygen atoms in total. The number of nitrogens with zero attached hydrogens (tertiary/aromatic N) is 2. The molecular formula is C40H56N2O2S4Se2. The number of unbranched alkanes of at least 4 members (excludes halogenated alkanes) is 8. The van der Waals surface area contributed by atoms with E-state index in [0.29, 0.717) is 20.5 Å². The molecule has 4 rings (SSSR count). The molecule has 0 spiro atoms. The van der Waals surface area contributed by atoms with Crippen LogP contribution in [0, 0.1) is 11.8 Å². The molecule has 2 aromatic heterocycles. The Morgan fingerprint density at radius 3 is 1.34 bits per heavy atom. The molecule has 0 saturated carbocycles. The summed E-state index contributed by atoms with van der Waals surface area (Å²) in [5.74, 6) is 1.20. The van der Waals surface area contributed by atoms with Crippen LogP contribution in [-0.4, -0.2) is 72.4 Å². The molecule has 2 aliphatic heterocycles. The van der Waals surface area contributed by atoms with E-state index < -0.39 is 0 Å². The predicted molar refractivity (Wildman–Crippen MR) is 229 cm³/mol. The van der Waals surface area contributed by atoms with Crippen molar-refractivity contribution in [1.82, 2.24) is 9.80 Å². The molecule has 2 aliphatic rings. The quantitative estimate of drug-likeness (QED) is 0.0479. The third-order valence-electron chi connectivity index (χ3n) is 9.54. The average molecular weight is 883 g/mol. The summed E-state index contributed by atoms with van der Waals surface area (Å²) in [6, 6.07) is 8.81. The first-order chi connectivity index (χ1) is 24.3. The summed E-state index contributed by atoms with van der Waals surface area (Å²) in [6.07, 6.45) is 23.7. The van der Waals surface area contributed by atoms with Crippen LogP contribution in [0.25, 0.3) is 21.0 Å². The monoisotopic (exact) mass is 884 g/mol. The molecule has 4 heterocycles. The Bertz CT molecular complexity index is 1390. The van der Waals surface area contributed by atoms with Crippen LogP contribution in [0.3, 0.4) is 0 Å². The molecule has 0 N–H and O–H groups in total. The van der Waals surface area contributed by atoms with Crippen LogP contribution in [0.15, 0.2) is 34.1 Å². The molecule has 0 bridgehead atoms. The van der Waals surface area contributed by atoms with Gasteiger partial charge in [-0.2, -0.15) is 0 Å². The summed E-state index contributed by atoms with van der Waals surface area (Å²) < 4.78 is 6.57. The summed E-state index contributed by atoms with van der Waals surface area (Å²) in [7, 11) is 0. The zero-order chi connectivity index (χ0) is 35.9. The fraction of sp³-hybridized carbons (Fsp3) is 0.600. The zero-order valence-electron chi connectivity index (χ0n) is 30.5. The number of thioether (sulfide) groups is 2. The third kappa shape index (κ3) is 12.7. The Hall–Kier alpha value is -0.701. The van der Waals surface area contributed by atoms with Gasteiger partial charge in [0.25, 0.3) is 0 Å². The molecule has 2 aromatic rings. The van der Waals surface area contributed by atoms with Crippen molar-refractivity contribution in [2.24, 2.45) is 11.8 Å². The summed E-state index contributed by atoms with van der Waals surface area (Å²) in [4.78, 5) is 32.3. The topological polar surface area (TPSA) is 40.6 Å². The number of amides is 2. The second-order valence-electron chi connectivity index (χ2n) is 13.7. The summed E-state index contributed by atoms with van der Waals surface area (Å²) >= 11 is 14.7. The maximum atomic E-state index is 13.5. The third-order valence-corrected chi connectivity index (χ3v) is 17.4. The fourth-order valence-corrected chi connectivity index (χ4v) is 14.0. The van der Waals surface area contributed by atoms with E-state index in [9.17, 15) is 9.59 Å². The van der Waals surface area contributed by atoms with Crippen LogP contribution >= 0.6 is 48.0 Å². The number of carbonyl (C=O) groups excluding carboxylic acids is 2. The maximum absolute atomic E-state index is 13.5. The molecule has 10 heteroatoms. The molecule has 2 saturated heterocycles. The van der Waals surface area contributed by atoms with Gasteiger partial charge in [0, 0.05) is 0 Å². The number of thiocarbonyl (C=S) groups is 2. The molecule has 2 unspecified atom stereocenters. The van der Waals surface area contributed by atoms with Gasteiger partial charge in [-0.1, -0.05) is 13.8 Å². The van der Waals surface area contributed by atoms with Crippen LogP contribution in [0.2, 0.25) is 0 Å². The van der Waals surface area contributed by atoms with E-state index in [-0.39, 0.29) is 40.8 Å². The number of hydrogen-bond donors (Lipinski definition) is 0. The molecule has 0 radical (unpaired) electrons. The van der Waals surface area contributed by atoms with Crippen LogP contribution < -0.4 is 0 Å². The van der Waals surface area contributed by atoms with Crippen LogP contribution in [0.1, 0.15) is 139 Å². The molecule has 0 aliphatic carbocycles. The Balaban J connectivity index is 1.38. The molecule has 2 amide bonds. The molecule has 0 aromatic carbocycles. The van der Waals surface area contributed by atoms with Gasteiger partial charge in [-0.15, -0.1) is 0 Å². The summed E-state index contributed by atoms with van der Waals surface area (Å²) in [6.45, 7) is 10.5. The van der Waals surface area contributed by atoms with E-state index in [1.165, 1.54) is 144 Å². The molecule has 2 atom stereocenters. The fourth-order valence-electron chi connectivity index (χ4n) is 6.57. The van der Waals surface area contributed by atoms with Gasteiger partial charge in [-0.05, 0) is 0 Å². The van der Waals surface area contributed by atoms with Crippen LogP contribution in [0.5, 0.6) is 0 Å². The van der Waals surface area contributed by atoms with Gasteiger partial charge in [-0.3, -0.25) is 0 Å². The van der Waals surface area contributed by atoms with E-state index in [0.717, 1.165) is 22.9 Å². The summed E-state index contributed by atoms with van der Waals surface area (Å²) in [5.41, 5.74) is 0. The molecular weight excluding hydrogens is 827 g/mol. The van der Waals surface area contributed by atoms with Crippen molar-refractivity contribution in [2.45, 2.75) is 130 Å². The van der Waals surface area contributed by atoms with Crippen molar-refractivity contribution in [3.63, 3.8) is 0 Å². The van der Waals surface area contributed by atoms with Gasteiger partial charge >= 0.3 is 322 Å².